The minimum atomic E-state index is -4.47. The van der Waals surface area contributed by atoms with Crippen molar-refractivity contribution in [2.45, 2.75) is 16.8 Å². The van der Waals surface area contributed by atoms with Gasteiger partial charge in [-0.05, 0) is 54.1 Å². The second-order valence-corrected chi connectivity index (χ2v) is 9.08. The topological polar surface area (TPSA) is 36.4 Å². The number of alkyl halides is 3. The van der Waals surface area contributed by atoms with Crippen molar-refractivity contribution < 1.29 is 18.0 Å². The molecule has 1 amide bonds. The van der Waals surface area contributed by atoms with Gasteiger partial charge in [-0.1, -0.05) is 23.7 Å². The van der Waals surface area contributed by atoms with Gasteiger partial charge in [-0.15, -0.1) is 11.8 Å². The highest BCUT2D eigenvalue weighted by Crippen LogP contribution is 2.35. The van der Waals surface area contributed by atoms with Gasteiger partial charge in [-0.3, -0.25) is 4.79 Å². The maximum Gasteiger partial charge on any atom is 0.419 e. The molecule has 172 valence electrons. The summed E-state index contributed by atoms with van der Waals surface area (Å²) in [6.45, 7) is 1.24. The Kier molecular flexibility index (Phi) is 7.14. The van der Waals surface area contributed by atoms with Crippen molar-refractivity contribution >= 4 is 35.1 Å². The fourth-order valence-corrected chi connectivity index (χ4v) is 4.63. The van der Waals surface area contributed by atoms with Crippen LogP contribution in [0.5, 0.6) is 0 Å². The van der Waals surface area contributed by atoms with Crippen molar-refractivity contribution in [2.75, 3.05) is 31.1 Å². The molecule has 0 bridgehead atoms. The highest BCUT2D eigenvalue weighted by molar-refractivity contribution is 7.98. The van der Waals surface area contributed by atoms with E-state index in [1.54, 1.807) is 27.6 Å². The number of halogens is 4. The maximum atomic E-state index is 13.3. The first-order valence-corrected chi connectivity index (χ1v) is 11.7. The van der Waals surface area contributed by atoms with Crippen LogP contribution in [-0.2, 0) is 11.9 Å². The van der Waals surface area contributed by atoms with Gasteiger partial charge in [0.15, 0.2) is 0 Å². The van der Waals surface area contributed by atoms with Gasteiger partial charge in [0.2, 0.25) is 0 Å². The molecular formula is C24H21ClF3N3OS. The van der Waals surface area contributed by atoms with E-state index in [1.165, 1.54) is 12.3 Å². The zero-order valence-electron chi connectivity index (χ0n) is 17.6. The second kappa shape index (κ2) is 10.1. The van der Waals surface area contributed by atoms with E-state index < -0.39 is 11.7 Å². The van der Waals surface area contributed by atoms with Gasteiger partial charge < -0.3 is 9.80 Å². The smallest absolute Gasteiger partial charge is 0.353 e. The third-order valence-corrected chi connectivity index (χ3v) is 6.69. The molecule has 0 spiro atoms. The number of carbonyl (C=O) groups is 1. The van der Waals surface area contributed by atoms with E-state index in [4.69, 9.17) is 11.6 Å². The van der Waals surface area contributed by atoms with E-state index in [1.807, 2.05) is 42.5 Å². The monoisotopic (exact) mass is 491 g/mol. The number of aromatic nitrogens is 1. The van der Waals surface area contributed by atoms with Gasteiger partial charge >= 0.3 is 6.18 Å². The Hall–Kier alpha value is -2.71. The highest BCUT2D eigenvalue weighted by Gasteiger charge is 2.36. The lowest BCUT2D eigenvalue weighted by molar-refractivity contribution is -0.137. The number of hydrogen-bond donors (Lipinski definition) is 0. The predicted octanol–water partition coefficient (Wildman–Crippen LogP) is 6.01. The van der Waals surface area contributed by atoms with Crippen LogP contribution in [0.4, 0.5) is 19.0 Å². The number of thioether (sulfide) groups is 1. The molecule has 1 aromatic heterocycles. The fraction of sp³-hybridized carbons (Fsp3) is 0.250. The Balaban J connectivity index is 1.38. The Labute approximate surface area is 199 Å². The third-order valence-electron chi connectivity index (χ3n) is 5.35. The Morgan fingerprint density at radius 2 is 1.73 bits per heavy atom. The number of carbonyl (C=O) groups excluding carboxylic acids is 1. The molecule has 1 saturated heterocycles. The lowest BCUT2D eigenvalue weighted by Gasteiger charge is -2.36. The SMILES string of the molecule is O=C(c1cccc(CSc2ccc(Cl)cc2)c1)N1CCN(c2ncccc2C(F)(F)F)CC1. The Morgan fingerprint density at radius 1 is 1.00 bits per heavy atom. The Morgan fingerprint density at radius 3 is 2.42 bits per heavy atom. The summed E-state index contributed by atoms with van der Waals surface area (Å²) in [6.07, 6.45) is -3.11. The molecule has 9 heteroatoms. The van der Waals surface area contributed by atoms with Crippen LogP contribution in [0.2, 0.25) is 5.02 Å². The summed E-state index contributed by atoms with van der Waals surface area (Å²) in [5.74, 6) is 0.500. The number of amides is 1. The molecule has 1 fully saturated rings. The zero-order chi connectivity index (χ0) is 23.4. The molecule has 1 aliphatic rings. The average Bonchev–Trinajstić information content (AvgIpc) is 2.83. The molecule has 0 atom stereocenters. The molecular weight excluding hydrogens is 471 g/mol. The van der Waals surface area contributed by atoms with Gasteiger partial charge in [0.05, 0.1) is 5.56 Å². The minimum absolute atomic E-state index is 0.0849. The fourth-order valence-electron chi connectivity index (χ4n) is 3.67. The minimum Gasteiger partial charge on any atom is -0.353 e. The summed E-state index contributed by atoms with van der Waals surface area (Å²) in [5.41, 5.74) is 0.838. The first-order valence-electron chi connectivity index (χ1n) is 10.3. The number of nitrogens with zero attached hydrogens (tertiary/aromatic N) is 3. The molecule has 0 aliphatic carbocycles. The van der Waals surface area contributed by atoms with Gasteiger partial charge in [-0.2, -0.15) is 13.2 Å². The molecule has 1 aliphatic heterocycles. The van der Waals surface area contributed by atoms with E-state index in [2.05, 4.69) is 4.98 Å². The van der Waals surface area contributed by atoms with Crippen molar-refractivity contribution in [3.8, 4) is 0 Å². The quantitative estimate of drug-likeness (QED) is 0.410. The predicted molar refractivity (Wildman–Crippen MR) is 125 cm³/mol. The van der Waals surface area contributed by atoms with Crippen molar-refractivity contribution in [1.29, 1.82) is 0 Å². The van der Waals surface area contributed by atoms with Crippen molar-refractivity contribution in [3.05, 3.63) is 88.6 Å². The summed E-state index contributed by atoms with van der Waals surface area (Å²) in [4.78, 5) is 21.3. The number of rotatable bonds is 5. The summed E-state index contributed by atoms with van der Waals surface area (Å²) in [6, 6.07) is 17.4. The average molecular weight is 492 g/mol. The zero-order valence-corrected chi connectivity index (χ0v) is 19.1. The van der Waals surface area contributed by atoms with Crippen LogP contribution >= 0.6 is 23.4 Å². The maximum absolute atomic E-state index is 13.3. The standard InChI is InChI=1S/C24H21ClF3N3OS/c25-19-6-8-20(9-7-19)33-16-17-3-1-4-18(15-17)23(32)31-13-11-30(12-14-31)22-21(24(26,27)28)5-2-10-29-22/h1-10,15H,11-14,16H2. The van der Waals surface area contributed by atoms with Crippen LogP contribution in [-0.4, -0.2) is 42.0 Å². The first kappa shape index (κ1) is 23.4. The van der Waals surface area contributed by atoms with Crippen molar-refractivity contribution in [1.82, 2.24) is 9.88 Å². The van der Waals surface area contributed by atoms with Crippen LogP contribution in [0.15, 0.2) is 71.8 Å². The lowest BCUT2D eigenvalue weighted by atomic mass is 10.1. The lowest BCUT2D eigenvalue weighted by Crippen LogP contribution is -2.49. The summed E-state index contributed by atoms with van der Waals surface area (Å²) >= 11 is 7.57. The van der Waals surface area contributed by atoms with E-state index in [9.17, 15) is 18.0 Å². The molecule has 0 radical (unpaired) electrons. The van der Waals surface area contributed by atoms with Gasteiger partial charge in [0, 0.05) is 53.6 Å². The molecule has 4 rings (SSSR count). The third kappa shape index (κ3) is 5.81. The number of piperazine rings is 1. The second-order valence-electron chi connectivity index (χ2n) is 7.59. The van der Waals surface area contributed by atoms with Crippen LogP contribution in [0, 0.1) is 0 Å². The normalized spacial score (nSPS) is 14.4. The van der Waals surface area contributed by atoms with Crippen molar-refractivity contribution in [3.63, 3.8) is 0 Å². The van der Waals surface area contributed by atoms with E-state index in [0.29, 0.717) is 29.4 Å². The van der Waals surface area contributed by atoms with Crippen LogP contribution < -0.4 is 4.90 Å². The molecule has 2 heterocycles. The molecule has 0 unspecified atom stereocenters. The molecule has 4 nitrogen and oxygen atoms in total. The number of pyridine rings is 1. The Bertz CT molecular complexity index is 1120. The molecule has 0 saturated carbocycles. The highest BCUT2D eigenvalue weighted by atomic mass is 35.5. The molecule has 2 aromatic carbocycles. The van der Waals surface area contributed by atoms with Gasteiger partial charge in [-0.25, -0.2) is 4.98 Å². The number of anilines is 1. The van der Waals surface area contributed by atoms with Gasteiger partial charge in [0.1, 0.15) is 5.82 Å². The van der Waals surface area contributed by atoms with Crippen LogP contribution in [0.3, 0.4) is 0 Å². The number of hydrogen-bond acceptors (Lipinski definition) is 4. The van der Waals surface area contributed by atoms with Gasteiger partial charge in [0.25, 0.3) is 5.91 Å². The van der Waals surface area contributed by atoms with E-state index >= 15 is 0 Å². The largest absolute Gasteiger partial charge is 0.419 e. The van der Waals surface area contributed by atoms with Crippen LogP contribution in [0.1, 0.15) is 21.5 Å². The first-order chi connectivity index (χ1) is 15.8. The molecule has 33 heavy (non-hydrogen) atoms. The van der Waals surface area contributed by atoms with E-state index in [-0.39, 0.29) is 24.8 Å². The summed E-state index contributed by atoms with van der Waals surface area (Å²) < 4.78 is 40.0. The molecule has 3 aromatic rings. The van der Waals surface area contributed by atoms with E-state index in [0.717, 1.165) is 16.5 Å². The number of benzene rings is 2. The van der Waals surface area contributed by atoms with Crippen LogP contribution in [0.25, 0.3) is 0 Å². The summed E-state index contributed by atoms with van der Waals surface area (Å²) in [7, 11) is 0. The molecule has 0 N–H and O–H groups in total. The van der Waals surface area contributed by atoms with Crippen molar-refractivity contribution in [2.24, 2.45) is 0 Å². The summed E-state index contributed by atoms with van der Waals surface area (Å²) in [5, 5.41) is 0.685.